The van der Waals surface area contributed by atoms with Crippen LogP contribution < -0.4 is 10.3 Å². The molecule has 0 unspecified atom stereocenters. The Morgan fingerprint density at radius 1 is 1.25 bits per heavy atom. The van der Waals surface area contributed by atoms with Gasteiger partial charge in [-0.3, -0.25) is 4.79 Å². The quantitative estimate of drug-likeness (QED) is 0.535. The SMILES string of the molecule is CN(C1CC[NH+](C)CC1)S(=O)(=O)c1ccc(C(=O)N/N=C\c2ccsc2)cc1. The van der Waals surface area contributed by atoms with Gasteiger partial charge < -0.3 is 4.90 Å². The third kappa shape index (κ3) is 4.85. The zero-order valence-corrected chi connectivity index (χ0v) is 17.6. The molecule has 1 aromatic heterocycles. The molecule has 150 valence electrons. The second-order valence-corrected chi connectivity index (χ2v) is 9.77. The molecule has 0 bridgehead atoms. The van der Waals surface area contributed by atoms with Crippen molar-refractivity contribution < 1.29 is 18.1 Å². The monoisotopic (exact) mass is 421 g/mol. The fourth-order valence-corrected chi connectivity index (χ4v) is 5.20. The fraction of sp³-hybridized carbons (Fsp3) is 0.368. The first-order chi connectivity index (χ1) is 13.4. The van der Waals surface area contributed by atoms with Gasteiger partial charge in [-0.1, -0.05) is 0 Å². The van der Waals surface area contributed by atoms with Crippen molar-refractivity contribution in [1.29, 1.82) is 0 Å². The van der Waals surface area contributed by atoms with Gasteiger partial charge in [0.05, 0.1) is 31.2 Å². The Morgan fingerprint density at radius 2 is 1.93 bits per heavy atom. The standard InChI is InChI=1S/C19H24N4O3S2/c1-22-10-7-17(8-11-22)23(2)28(25,26)18-5-3-16(4-6-18)19(24)21-20-13-15-9-12-27-14-15/h3-6,9,12-14,17H,7-8,10-11H2,1-2H3,(H,21,24)/p+1/b20-13-. The molecule has 1 aliphatic heterocycles. The van der Waals surface area contributed by atoms with Gasteiger partial charge >= 0.3 is 0 Å². The maximum absolute atomic E-state index is 12.9. The van der Waals surface area contributed by atoms with E-state index < -0.39 is 10.0 Å². The molecule has 2 aromatic rings. The molecule has 0 radical (unpaired) electrons. The van der Waals surface area contributed by atoms with Crippen molar-refractivity contribution in [3.8, 4) is 0 Å². The first-order valence-corrected chi connectivity index (χ1v) is 11.5. The van der Waals surface area contributed by atoms with Crippen molar-refractivity contribution >= 4 is 33.5 Å². The van der Waals surface area contributed by atoms with Crippen LogP contribution in [0.25, 0.3) is 0 Å². The van der Waals surface area contributed by atoms with Crippen LogP contribution in [0.1, 0.15) is 28.8 Å². The summed E-state index contributed by atoms with van der Waals surface area (Å²) in [7, 11) is 0.182. The van der Waals surface area contributed by atoms with E-state index >= 15 is 0 Å². The van der Waals surface area contributed by atoms with E-state index in [0.29, 0.717) is 5.56 Å². The molecule has 0 spiro atoms. The molecule has 7 nitrogen and oxygen atoms in total. The van der Waals surface area contributed by atoms with Crippen LogP contribution in [-0.4, -0.2) is 58.1 Å². The van der Waals surface area contributed by atoms with Crippen molar-refractivity contribution in [3.63, 3.8) is 0 Å². The van der Waals surface area contributed by atoms with Gasteiger partial charge in [0.25, 0.3) is 5.91 Å². The van der Waals surface area contributed by atoms with Gasteiger partial charge in [0.1, 0.15) is 0 Å². The van der Waals surface area contributed by atoms with E-state index in [0.717, 1.165) is 31.5 Å². The van der Waals surface area contributed by atoms with E-state index in [-0.39, 0.29) is 16.8 Å². The maximum atomic E-state index is 12.9. The summed E-state index contributed by atoms with van der Waals surface area (Å²) in [5, 5.41) is 7.75. The number of rotatable bonds is 6. The molecule has 0 atom stereocenters. The van der Waals surface area contributed by atoms with Crippen LogP contribution in [0.5, 0.6) is 0 Å². The minimum atomic E-state index is -3.58. The number of benzene rings is 1. The van der Waals surface area contributed by atoms with Gasteiger partial charge in [-0.2, -0.15) is 20.7 Å². The van der Waals surface area contributed by atoms with Crippen molar-refractivity contribution in [2.24, 2.45) is 5.10 Å². The molecule has 0 saturated carbocycles. The molecule has 1 saturated heterocycles. The van der Waals surface area contributed by atoms with E-state index in [4.69, 9.17) is 0 Å². The summed E-state index contributed by atoms with van der Waals surface area (Å²) < 4.78 is 27.3. The van der Waals surface area contributed by atoms with Crippen LogP contribution in [0.3, 0.4) is 0 Å². The number of quaternary nitrogens is 1. The zero-order chi connectivity index (χ0) is 20.1. The van der Waals surface area contributed by atoms with E-state index in [1.165, 1.54) is 33.5 Å². The summed E-state index contributed by atoms with van der Waals surface area (Å²) in [6.45, 7) is 1.94. The molecular weight excluding hydrogens is 396 g/mol. The maximum Gasteiger partial charge on any atom is 0.271 e. The van der Waals surface area contributed by atoms with Crippen molar-refractivity contribution in [2.45, 2.75) is 23.8 Å². The molecule has 1 fully saturated rings. The smallest absolute Gasteiger partial charge is 0.271 e. The molecule has 28 heavy (non-hydrogen) atoms. The van der Waals surface area contributed by atoms with Crippen LogP contribution in [0.2, 0.25) is 0 Å². The fourth-order valence-electron chi connectivity index (χ4n) is 3.18. The average molecular weight is 422 g/mol. The number of hydrogen-bond donors (Lipinski definition) is 2. The summed E-state index contributed by atoms with van der Waals surface area (Å²) in [4.78, 5) is 13.8. The van der Waals surface area contributed by atoms with Gasteiger partial charge in [-0.05, 0) is 41.1 Å². The molecule has 1 aliphatic rings. The molecule has 0 aliphatic carbocycles. The summed E-state index contributed by atoms with van der Waals surface area (Å²) in [6.07, 6.45) is 3.26. The number of carbonyl (C=O) groups excluding carboxylic acids is 1. The highest BCUT2D eigenvalue weighted by atomic mass is 32.2. The summed E-state index contributed by atoms with van der Waals surface area (Å²) in [5.74, 6) is -0.387. The molecule has 9 heteroatoms. The number of sulfonamides is 1. The number of amides is 1. The Kier molecular flexibility index (Phi) is 6.61. The second kappa shape index (κ2) is 8.95. The van der Waals surface area contributed by atoms with Gasteiger partial charge in [-0.15, -0.1) is 0 Å². The van der Waals surface area contributed by atoms with Gasteiger partial charge in [-0.25, -0.2) is 13.8 Å². The lowest BCUT2D eigenvalue weighted by Gasteiger charge is -2.32. The van der Waals surface area contributed by atoms with E-state index in [2.05, 4.69) is 17.6 Å². The number of piperidine rings is 1. The van der Waals surface area contributed by atoms with Gasteiger partial charge in [0.15, 0.2) is 0 Å². The lowest BCUT2D eigenvalue weighted by molar-refractivity contribution is -0.885. The highest BCUT2D eigenvalue weighted by Crippen LogP contribution is 2.20. The second-order valence-electron chi connectivity index (χ2n) is 6.99. The topological polar surface area (TPSA) is 83.3 Å². The number of hydrazone groups is 1. The molecule has 1 aromatic carbocycles. The summed E-state index contributed by atoms with van der Waals surface area (Å²) >= 11 is 1.55. The number of nitrogens with zero attached hydrogens (tertiary/aromatic N) is 2. The Bertz CT molecular complexity index is 917. The Hall–Kier alpha value is -2.07. The lowest BCUT2D eigenvalue weighted by atomic mass is 10.1. The third-order valence-corrected chi connectivity index (χ3v) is 7.67. The van der Waals surface area contributed by atoms with Gasteiger partial charge in [0.2, 0.25) is 10.0 Å². The number of likely N-dealkylation sites (tertiary alicyclic amines) is 1. The number of thiophene rings is 1. The number of carbonyl (C=O) groups is 1. The van der Waals surface area contributed by atoms with E-state index in [9.17, 15) is 13.2 Å². The number of nitrogens with one attached hydrogen (secondary N) is 2. The predicted molar refractivity (Wildman–Crippen MR) is 110 cm³/mol. The summed E-state index contributed by atoms with van der Waals surface area (Å²) in [5.41, 5.74) is 3.71. The molecule has 3 rings (SSSR count). The molecule has 1 amide bonds. The zero-order valence-electron chi connectivity index (χ0n) is 16.0. The van der Waals surface area contributed by atoms with Crippen molar-refractivity contribution in [2.75, 3.05) is 27.2 Å². The van der Waals surface area contributed by atoms with E-state index in [1.807, 2.05) is 16.8 Å². The minimum absolute atomic E-state index is 0.0168. The molecule has 2 N–H and O–H groups in total. The normalized spacial score (nSPS) is 20.5. The highest BCUT2D eigenvalue weighted by molar-refractivity contribution is 7.89. The Labute approximate surface area is 169 Å². The van der Waals surface area contributed by atoms with Crippen LogP contribution in [0.15, 0.2) is 51.1 Å². The summed E-state index contributed by atoms with van der Waals surface area (Å²) in [6, 6.07) is 7.88. The van der Waals surface area contributed by atoms with Crippen molar-refractivity contribution in [1.82, 2.24) is 9.73 Å². The van der Waals surface area contributed by atoms with E-state index in [1.54, 1.807) is 24.6 Å². The first kappa shape index (κ1) is 20.7. The van der Waals surface area contributed by atoms with Crippen LogP contribution in [0.4, 0.5) is 0 Å². The van der Waals surface area contributed by atoms with Gasteiger partial charge in [0, 0.05) is 37.1 Å². The molecular formula is C19H25N4O3S2+. The van der Waals surface area contributed by atoms with Crippen LogP contribution in [0, 0.1) is 0 Å². The lowest BCUT2D eigenvalue weighted by Crippen LogP contribution is -3.10. The number of hydrogen-bond acceptors (Lipinski definition) is 5. The predicted octanol–water partition coefficient (Wildman–Crippen LogP) is 0.810. The Balaban J connectivity index is 1.64. The van der Waals surface area contributed by atoms with Crippen molar-refractivity contribution in [3.05, 3.63) is 52.2 Å². The molecule has 2 heterocycles. The first-order valence-electron chi connectivity index (χ1n) is 9.13. The minimum Gasteiger partial charge on any atom is -0.337 e. The largest absolute Gasteiger partial charge is 0.337 e. The highest BCUT2D eigenvalue weighted by Gasteiger charge is 2.31. The third-order valence-electron chi connectivity index (χ3n) is 5.04. The van der Waals surface area contributed by atoms with Crippen LogP contribution >= 0.6 is 11.3 Å². The Morgan fingerprint density at radius 3 is 2.54 bits per heavy atom. The average Bonchev–Trinajstić information content (AvgIpc) is 3.21. The van der Waals surface area contributed by atoms with Crippen LogP contribution in [-0.2, 0) is 10.0 Å².